The average molecular weight is 199 g/mol. The topological polar surface area (TPSA) is 43.7 Å². The number of nitrogens with zero attached hydrogens (tertiary/aromatic N) is 1. The Morgan fingerprint density at radius 3 is 2.43 bits per heavy atom. The molecule has 2 aliphatic rings. The number of hydrogen-bond acceptors (Lipinski definition) is 3. The molecule has 2 aliphatic carbocycles. The van der Waals surface area contributed by atoms with Gasteiger partial charge < -0.3 is 15.1 Å². The smallest absolute Gasteiger partial charge is 0.0695 e. The van der Waals surface area contributed by atoms with Crippen LogP contribution in [0, 0.1) is 5.92 Å². The molecule has 0 aromatic rings. The zero-order valence-electron chi connectivity index (χ0n) is 8.89. The first-order valence-electron chi connectivity index (χ1n) is 5.73. The Labute approximate surface area is 85.7 Å². The quantitative estimate of drug-likeness (QED) is 0.699. The molecule has 0 unspecified atom stereocenters. The second-order valence-electron chi connectivity index (χ2n) is 5.00. The van der Waals surface area contributed by atoms with Gasteiger partial charge in [-0.2, -0.15) is 0 Å². The Bertz CT molecular complexity index is 192. The highest BCUT2D eigenvalue weighted by atomic mass is 16.3. The highest BCUT2D eigenvalue weighted by Crippen LogP contribution is 2.30. The number of aliphatic hydroxyl groups excluding tert-OH is 2. The van der Waals surface area contributed by atoms with Gasteiger partial charge in [-0.3, -0.25) is 0 Å². The third-order valence-corrected chi connectivity index (χ3v) is 3.77. The molecule has 2 N–H and O–H groups in total. The lowest BCUT2D eigenvalue weighted by atomic mass is 9.82. The molecule has 0 aliphatic heterocycles. The molecule has 2 fully saturated rings. The molecule has 2 saturated carbocycles. The normalized spacial score (nSPS) is 42.9. The van der Waals surface area contributed by atoms with Crippen LogP contribution < -0.4 is 0 Å². The largest absolute Gasteiger partial charge is 0.393 e. The maximum absolute atomic E-state index is 9.72. The third kappa shape index (κ3) is 2.10. The minimum atomic E-state index is -0.120. The molecule has 82 valence electrons. The maximum atomic E-state index is 9.72. The van der Waals surface area contributed by atoms with Gasteiger partial charge in [-0.15, -0.1) is 0 Å². The Balaban J connectivity index is 1.74. The summed E-state index contributed by atoms with van der Waals surface area (Å²) in [6.45, 7) is 1.04. The van der Waals surface area contributed by atoms with Crippen LogP contribution >= 0.6 is 0 Å². The standard InChI is InChI=1S/C11H21NO2/c1-12(7-8-5-9(13)6-8)10-3-2-4-11(10)14/h8-11,13-14H,2-7H2,1H3/t8?,9?,10-,11-/m0/s1. The number of rotatable bonds is 3. The Hall–Kier alpha value is -0.120. The monoisotopic (exact) mass is 199 g/mol. The van der Waals surface area contributed by atoms with Crippen LogP contribution in [0.3, 0.4) is 0 Å². The van der Waals surface area contributed by atoms with Gasteiger partial charge in [0, 0.05) is 12.6 Å². The number of aliphatic hydroxyl groups is 2. The van der Waals surface area contributed by atoms with Gasteiger partial charge in [0.05, 0.1) is 12.2 Å². The van der Waals surface area contributed by atoms with Crippen LogP contribution in [-0.2, 0) is 0 Å². The van der Waals surface area contributed by atoms with Crippen molar-refractivity contribution in [1.82, 2.24) is 4.90 Å². The van der Waals surface area contributed by atoms with Crippen molar-refractivity contribution < 1.29 is 10.2 Å². The Kier molecular flexibility index (Phi) is 3.10. The van der Waals surface area contributed by atoms with Gasteiger partial charge in [0.1, 0.15) is 0 Å². The van der Waals surface area contributed by atoms with Gasteiger partial charge in [-0.25, -0.2) is 0 Å². The van der Waals surface area contributed by atoms with Crippen molar-refractivity contribution in [3.05, 3.63) is 0 Å². The van der Waals surface area contributed by atoms with Crippen LogP contribution in [0.1, 0.15) is 32.1 Å². The van der Waals surface area contributed by atoms with E-state index in [1.165, 1.54) is 0 Å². The van der Waals surface area contributed by atoms with E-state index in [-0.39, 0.29) is 12.2 Å². The van der Waals surface area contributed by atoms with Crippen molar-refractivity contribution in [3.8, 4) is 0 Å². The molecule has 0 aromatic heterocycles. The van der Waals surface area contributed by atoms with Crippen molar-refractivity contribution in [1.29, 1.82) is 0 Å². The van der Waals surface area contributed by atoms with Crippen LogP contribution in [0.5, 0.6) is 0 Å². The second-order valence-corrected chi connectivity index (χ2v) is 5.00. The molecule has 0 heterocycles. The summed E-state index contributed by atoms with van der Waals surface area (Å²) < 4.78 is 0. The van der Waals surface area contributed by atoms with E-state index in [2.05, 4.69) is 11.9 Å². The van der Waals surface area contributed by atoms with Crippen LogP contribution in [0.25, 0.3) is 0 Å². The summed E-state index contributed by atoms with van der Waals surface area (Å²) in [5.41, 5.74) is 0. The van der Waals surface area contributed by atoms with Gasteiger partial charge in [-0.1, -0.05) is 0 Å². The van der Waals surface area contributed by atoms with Gasteiger partial charge >= 0.3 is 0 Å². The first-order chi connectivity index (χ1) is 6.66. The van der Waals surface area contributed by atoms with Gasteiger partial charge in [0.25, 0.3) is 0 Å². The van der Waals surface area contributed by atoms with Crippen molar-refractivity contribution in [2.24, 2.45) is 5.92 Å². The third-order valence-electron chi connectivity index (χ3n) is 3.77. The van der Waals surface area contributed by atoms with E-state index >= 15 is 0 Å². The molecular formula is C11H21NO2. The molecule has 0 bridgehead atoms. The highest BCUT2D eigenvalue weighted by molar-refractivity contribution is 4.87. The van der Waals surface area contributed by atoms with E-state index in [1.807, 2.05) is 0 Å². The predicted octanol–water partition coefficient (Wildman–Crippen LogP) is 0.602. The fourth-order valence-corrected chi connectivity index (χ4v) is 2.83. The van der Waals surface area contributed by atoms with Crippen molar-refractivity contribution in [3.63, 3.8) is 0 Å². The molecular weight excluding hydrogens is 178 g/mol. The van der Waals surface area contributed by atoms with E-state index in [1.54, 1.807) is 0 Å². The fraction of sp³-hybridized carbons (Fsp3) is 1.00. The van der Waals surface area contributed by atoms with Crippen LogP contribution in [0.2, 0.25) is 0 Å². The van der Waals surface area contributed by atoms with E-state index in [4.69, 9.17) is 0 Å². The number of hydrogen-bond donors (Lipinski definition) is 2. The summed E-state index contributed by atoms with van der Waals surface area (Å²) in [5.74, 6) is 0.655. The summed E-state index contributed by atoms with van der Waals surface area (Å²) in [7, 11) is 2.10. The van der Waals surface area contributed by atoms with E-state index in [0.717, 1.165) is 38.6 Å². The highest BCUT2D eigenvalue weighted by Gasteiger charge is 2.33. The van der Waals surface area contributed by atoms with Gasteiger partial charge in [0.15, 0.2) is 0 Å². The van der Waals surface area contributed by atoms with Crippen LogP contribution in [-0.4, -0.2) is 47.0 Å². The summed E-state index contributed by atoms with van der Waals surface area (Å²) in [6, 6.07) is 0.368. The average Bonchev–Trinajstić information content (AvgIpc) is 2.48. The summed E-state index contributed by atoms with van der Waals surface area (Å²) in [5, 5.41) is 18.9. The molecule has 0 amide bonds. The lowest BCUT2D eigenvalue weighted by molar-refractivity contribution is 0.00912. The van der Waals surface area contributed by atoms with Crippen molar-refractivity contribution in [2.45, 2.75) is 50.4 Å². The first kappa shape index (κ1) is 10.4. The Morgan fingerprint density at radius 1 is 1.21 bits per heavy atom. The summed E-state index contributed by atoms with van der Waals surface area (Å²) in [6.07, 6.45) is 4.98. The zero-order valence-corrected chi connectivity index (χ0v) is 8.89. The van der Waals surface area contributed by atoms with Crippen LogP contribution in [0.15, 0.2) is 0 Å². The first-order valence-corrected chi connectivity index (χ1v) is 5.73. The predicted molar refractivity (Wildman–Crippen MR) is 55.0 cm³/mol. The lowest BCUT2D eigenvalue weighted by Crippen LogP contribution is -2.44. The van der Waals surface area contributed by atoms with Gasteiger partial charge in [-0.05, 0) is 45.1 Å². The SMILES string of the molecule is CN(CC1CC(O)C1)[C@H]1CCC[C@@H]1O. The lowest BCUT2D eigenvalue weighted by Gasteiger charge is -2.37. The minimum absolute atomic E-state index is 0.0538. The second kappa shape index (κ2) is 4.17. The molecule has 2 rings (SSSR count). The summed E-state index contributed by atoms with van der Waals surface area (Å²) in [4.78, 5) is 2.29. The van der Waals surface area contributed by atoms with Gasteiger partial charge in [0.2, 0.25) is 0 Å². The van der Waals surface area contributed by atoms with Crippen LogP contribution in [0.4, 0.5) is 0 Å². The molecule has 0 saturated heterocycles. The van der Waals surface area contributed by atoms with E-state index < -0.39 is 0 Å². The minimum Gasteiger partial charge on any atom is -0.393 e. The molecule has 14 heavy (non-hydrogen) atoms. The Morgan fingerprint density at radius 2 is 1.93 bits per heavy atom. The molecule has 0 radical (unpaired) electrons. The van der Waals surface area contributed by atoms with E-state index in [9.17, 15) is 10.2 Å². The zero-order chi connectivity index (χ0) is 10.1. The fourth-order valence-electron chi connectivity index (χ4n) is 2.83. The van der Waals surface area contributed by atoms with E-state index in [0.29, 0.717) is 12.0 Å². The summed E-state index contributed by atoms with van der Waals surface area (Å²) >= 11 is 0. The molecule has 2 atom stereocenters. The van der Waals surface area contributed by atoms with Crippen molar-refractivity contribution in [2.75, 3.05) is 13.6 Å². The molecule has 0 aromatic carbocycles. The molecule has 0 spiro atoms. The maximum Gasteiger partial charge on any atom is 0.0695 e. The van der Waals surface area contributed by atoms with Crippen molar-refractivity contribution >= 4 is 0 Å². The number of likely N-dealkylation sites (N-methyl/N-ethyl adjacent to an activating group) is 1. The molecule has 3 heteroatoms. The molecule has 3 nitrogen and oxygen atoms in total.